The maximum absolute atomic E-state index is 12.7. The van der Waals surface area contributed by atoms with Gasteiger partial charge < -0.3 is 14.2 Å². The van der Waals surface area contributed by atoms with Gasteiger partial charge in [-0.1, -0.05) is 239 Å². The van der Waals surface area contributed by atoms with Gasteiger partial charge in [0.25, 0.3) is 0 Å². The summed E-state index contributed by atoms with van der Waals surface area (Å²) < 4.78 is 17.2. The number of rotatable bonds is 44. The lowest BCUT2D eigenvalue weighted by molar-refractivity contribution is -0.161. The zero-order valence-electron chi connectivity index (χ0n) is 40.1. The van der Waals surface area contributed by atoms with Gasteiger partial charge in [0.15, 0.2) is 6.10 Å². The molecule has 0 bridgehead atoms. The van der Waals surface area contributed by atoms with Crippen molar-refractivity contribution in [3.05, 3.63) is 122 Å². The van der Waals surface area contributed by atoms with Gasteiger partial charge in [0.05, 0.1) is 19.4 Å². The van der Waals surface area contributed by atoms with Crippen molar-refractivity contribution in [1.29, 1.82) is 0 Å². The van der Waals surface area contributed by atoms with Gasteiger partial charge in [-0.3, -0.25) is 9.59 Å². The molecule has 0 N–H and O–H groups in total. The Kier molecular flexibility index (Phi) is 48.6. The first-order chi connectivity index (χ1) is 30.6. The third-order valence-corrected chi connectivity index (χ3v) is 10.1. The van der Waals surface area contributed by atoms with Crippen LogP contribution in [-0.2, 0) is 23.8 Å². The Bertz CT molecular complexity index is 1290. The van der Waals surface area contributed by atoms with E-state index in [1.165, 1.54) is 89.9 Å². The summed E-state index contributed by atoms with van der Waals surface area (Å²) in [6.45, 7) is 7.38. The van der Waals surface area contributed by atoms with Crippen molar-refractivity contribution < 1.29 is 23.8 Å². The Labute approximate surface area is 382 Å². The Morgan fingerprint density at radius 2 is 0.661 bits per heavy atom. The summed E-state index contributed by atoms with van der Waals surface area (Å²) >= 11 is 0. The third kappa shape index (κ3) is 49.0. The fourth-order valence-corrected chi connectivity index (χ4v) is 6.42. The lowest BCUT2D eigenvalue weighted by atomic mass is 10.0. The number of hydrogen-bond acceptors (Lipinski definition) is 5. The van der Waals surface area contributed by atoms with Crippen molar-refractivity contribution >= 4 is 11.9 Å². The normalized spacial score (nSPS) is 13.3. The molecule has 0 aliphatic rings. The molecule has 62 heavy (non-hydrogen) atoms. The fraction of sp³-hybridized carbons (Fsp3) is 0.614. The quantitative estimate of drug-likeness (QED) is 0.0347. The van der Waals surface area contributed by atoms with E-state index in [4.69, 9.17) is 14.2 Å². The molecule has 5 nitrogen and oxygen atoms in total. The van der Waals surface area contributed by atoms with Gasteiger partial charge in [-0.15, -0.1) is 0 Å². The monoisotopic (exact) mass is 857 g/mol. The van der Waals surface area contributed by atoms with Gasteiger partial charge in [-0.25, -0.2) is 0 Å². The highest BCUT2D eigenvalue weighted by Gasteiger charge is 2.17. The molecule has 0 radical (unpaired) electrons. The minimum absolute atomic E-state index is 0.0140. The number of carbonyl (C=O) groups is 2. The van der Waals surface area contributed by atoms with E-state index < -0.39 is 6.10 Å². The van der Waals surface area contributed by atoms with Crippen LogP contribution in [0, 0.1) is 0 Å². The molecule has 0 aromatic heterocycles. The molecule has 0 heterocycles. The molecule has 1 atom stereocenters. The summed E-state index contributed by atoms with van der Waals surface area (Å²) in [5, 5.41) is 0. The molecule has 0 fully saturated rings. The Balaban J connectivity index is 4.52. The molecule has 0 aromatic rings. The zero-order chi connectivity index (χ0) is 44.9. The van der Waals surface area contributed by atoms with Crippen LogP contribution in [0.4, 0.5) is 0 Å². The smallest absolute Gasteiger partial charge is 0.310 e. The summed E-state index contributed by atoms with van der Waals surface area (Å²) in [5.74, 6) is -0.695. The van der Waals surface area contributed by atoms with Crippen LogP contribution < -0.4 is 0 Å². The maximum Gasteiger partial charge on any atom is 0.310 e. The molecule has 0 saturated heterocycles. The van der Waals surface area contributed by atoms with Crippen molar-refractivity contribution in [2.75, 3.05) is 19.8 Å². The minimum Gasteiger partial charge on any atom is -0.461 e. The van der Waals surface area contributed by atoms with Crippen molar-refractivity contribution in [2.24, 2.45) is 0 Å². The second kappa shape index (κ2) is 51.6. The molecule has 0 spiro atoms. The van der Waals surface area contributed by atoms with Crippen LogP contribution in [0.3, 0.4) is 0 Å². The molecule has 0 aliphatic heterocycles. The fourth-order valence-electron chi connectivity index (χ4n) is 6.42. The van der Waals surface area contributed by atoms with E-state index in [-0.39, 0.29) is 38.0 Å². The predicted molar refractivity (Wildman–Crippen MR) is 269 cm³/mol. The van der Waals surface area contributed by atoms with Gasteiger partial charge in [0, 0.05) is 6.61 Å². The van der Waals surface area contributed by atoms with Gasteiger partial charge in [0.2, 0.25) is 0 Å². The first-order valence-electron chi connectivity index (χ1n) is 25.1. The van der Waals surface area contributed by atoms with Crippen LogP contribution in [0.15, 0.2) is 122 Å². The maximum atomic E-state index is 12.7. The number of unbranched alkanes of at least 4 members (excludes halogenated alkanes) is 15. The number of hydrogen-bond donors (Lipinski definition) is 0. The van der Waals surface area contributed by atoms with Gasteiger partial charge in [0.1, 0.15) is 6.61 Å². The second-order valence-electron chi connectivity index (χ2n) is 16.0. The van der Waals surface area contributed by atoms with Crippen LogP contribution in [0.2, 0.25) is 0 Å². The van der Waals surface area contributed by atoms with Crippen molar-refractivity contribution in [3.8, 4) is 0 Å². The highest BCUT2D eigenvalue weighted by Crippen LogP contribution is 2.14. The van der Waals surface area contributed by atoms with Gasteiger partial charge >= 0.3 is 11.9 Å². The molecular formula is C57H92O5. The summed E-state index contributed by atoms with van der Waals surface area (Å²) in [7, 11) is 0. The van der Waals surface area contributed by atoms with Gasteiger partial charge in [-0.2, -0.15) is 0 Å². The average molecular weight is 857 g/mol. The van der Waals surface area contributed by atoms with Crippen LogP contribution >= 0.6 is 0 Å². The lowest BCUT2D eigenvalue weighted by Gasteiger charge is -2.18. The zero-order valence-corrected chi connectivity index (χ0v) is 40.1. The predicted octanol–water partition coefficient (Wildman–Crippen LogP) is 17.0. The highest BCUT2D eigenvalue weighted by atomic mass is 16.6. The molecule has 0 saturated carbocycles. The average Bonchev–Trinajstić information content (AvgIpc) is 3.27. The minimum atomic E-state index is -0.636. The van der Waals surface area contributed by atoms with E-state index in [0.717, 1.165) is 77.0 Å². The first kappa shape index (κ1) is 58.3. The van der Waals surface area contributed by atoms with Crippen LogP contribution in [-0.4, -0.2) is 37.9 Å². The summed E-state index contributed by atoms with van der Waals surface area (Å²) in [5.41, 5.74) is 0. The van der Waals surface area contributed by atoms with E-state index in [2.05, 4.69) is 118 Å². The highest BCUT2D eigenvalue weighted by molar-refractivity contribution is 5.72. The SMILES string of the molecule is CC/C=C\C/C=C\C/C=C\C/C=C\C/C=C\CC(=O)OCC(COCCCCCCCCCCCCCCCCCC)OC(=O)C/C=C\C/C=C\C/C=C\C/C=C\C/C=C\CC. The molecule has 0 aliphatic carbocycles. The molecule has 0 aromatic carbocycles. The van der Waals surface area contributed by atoms with Crippen LogP contribution in [0.25, 0.3) is 0 Å². The van der Waals surface area contributed by atoms with E-state index in [0.29, 0.717) is 6.61 Å². The van der Waals surface area contributed by atoms with E-state index >= 15 is 0 Å². The topological polar surface area (TPSA) is 61.8 Å². The number of carbonyl (C=O) groups excluding carboxylic acids is 2. The van der Waals surface area contributed by atoms with Crippen LogP contribution in [0.5, 0.6) is 0 Å². The molecule has 350 valence electrons. The molecular weight excluding hydrogens is 765 g/mol. The van der Waals surface area contributed by atoms with Crippen LogP contribution in [0.1, 0.15) is 201 Å². The second-order valence-corrected chi connectivity index (χ2v) is 16.0. The standard InChI is InChI=1S/C57H92O5/c1-4-7-10-13-16-19-22-25-28-31-34-37-40-43-46-49-52-60-53-55(62-57(59)51-48-45-42-39-36-33-30-27-24-21-18-15-12-9-6-3)54-61-56(58)50-47-44-41-38-35-32-29-26-23-20-17-14-11-8-5-2/h8-9,11-12,17-18,20-21,26-27,29-30,35-36,38-39,44-45,47-48,55H,4-7,10,13-16,19,22-25,28,31-34,37,40-43,46,49-54H2,1-3H3/b11-8-,12-9-,20-17-,21-18-,29-26-,30-27-,38-35-,39-36-,47-44-,48-45-. The Morgan fingerprint density at radius 3 is 1.02 bits per heavy atom. The Hall–Kier alpha value is -3.70. The van der Waals surface area contributed by atoms with Crippen molar-refractivity contribution in [1.82, 2.24) is 0 Å². The molecule has 0 amide bonds. The van der Waals surface area contributed by atoms with E-state index in [1.54, 1.807) is 0 Å². The first-order valence-corrected chi connectivity index (χ1v) is 25.1. The largest absolute Gasteiger partial charge is 0.461 e. The summed E-state index contributed by atoms with van der Waals surface area (Å²) in [6.07, 6.45) is 72.6. The molecule has 1 unspecified atom stereocenters. The number of esters is 2. The summed E-state index contributed by atoms with van der Waals surface area (Å²) in [4.78, 5) is 25.2. The van der Waals surface area contributed by atoms with Crippen molar-refractivity contribution in [3.63, 3.8) is 0 Å². The lowest BCUT2D eigenvalue weighted by Crippen LogP contribution is -2.29. The van der Waals surface area contributed by atoms with E-state index in [9.17, 15) is 9.59 Å². The number of ether oxygens (including phenoxy) is 3. The Morgan fingerprint density at radius 1 is 0.355 bits per heavy atom. The van der Waals surface area contributed by atoms with E-state index in [1.807, 2.05) is 24.3 Å². The van der Waals surface area contributed by atoms with Crippen molar-refractivity contribution in [2.45, 2.75) is 207 Å². The summed E-state index contributed by atoms with van der Waals surface area (Å²) in [6, 6.07) is 0. The van der Waals surface area contributed by atoms with Gasteiger partial charge in [-0.05, 0) is 70.6 Å². The molecule has 5 heteroatoms. The molecule has 0 rings (SSSR count). The third-order valence-electron chi connectivity index (χ3n) is 10.1. The number of allylic oxidation sites excluding steroid dienone is 18.